The molecule has 0 radical (unpaired) electrons. The van der Waals surface area contributed by atoms with Crippen molar-refractivity contribution in [3.8, 4) is 0 Å². The highest BCUT2D eigenvalue weighted by molar-refractivity contribution is 5.97. The van der Waals surface area contributed by atoms with Gasteiger partial charge in [-0.3, -0.25) is 4.79 Å². The molecule has 3 heteroatoms. The number of carbonyl (C=O) groups is 1. The van der Waals surface area contributed by atoms with Crippen LogP contribution >= 0.6 is 0 Å². The molecule has 0 bridgehead atoms. The highest BCUT2D eigenvalue weighted by Crippen LogP contribution is 2.45. The maximum absolute atomic E-state index is 12.0. The monoisotopic (exact) mass is 232 g/mol. The van der Waals surface area contributed by atoms with Crippen molar-refractivity contribution in [2.75, 3.05) is 5.32 Å². The summed E-state index contributed by atoms with van der Waals surface area (Å²) >= 11 is 0. The maximum Gasteiger partial charge on any atom is 0.230 e. The number of hydrogen-bond acceptors (Lipinski definition) is 2. The van der Waals surface area contributed by atoms with Crippen LogP contribution in [0.25, 0.3) is 0 Å². The van der Waals surface area contributed by atoms with Crippen LogP contribution in [0.5, 0.6) is 0 Å². The number of nitrogens with two attached hydrogens (primary N) is 1. The van der Waals surface area contributed by atoms with Gasteiger partial charge in [-0.05, 0) is 49.4 Å². The van der Waals surface area contributed by atoms with E-state index in [9.17, 15) is 4.79 Å². The molecular weight excluding hydrogens is 212 g/mol. The first-order chi connectivity index (χ1) is 7.98. The molecule has 0 saturated heterocycles. The molecule has 17 heavy (non-hydrogen) atoms. The second kappa shape index (κ2) is 4.15. The first-order valence-corrected chi connectivity index (χ1v) is 6.08. The van der Waals surface area contributed by atoms with Crippen LogP contribution in [-0.4, -0.2) is 5.91 Å². The van der Waals surface area contributed by atoms with Crippen LogP contribution in [0.3, 0.4) is 0 Å². The van der Waals surface area contributed by atoms with Crippen molar-refractivity contribution in [1.82, 2.24) is 0 Å². The zero-order valence-corrected chi connectivity index (χ0v) is 10.8. The molecule has 1 amide bonds. The van der Waals surface area contributed by atoms with Crippen molar-refractivity contribution in [1.29, 1.82) is 0 Å². The van der Waals surface area contributed by atoms with Crippen LogP contribution in [0.15, 0.2) is 12.1 Å². The number of rotatable bonds is 3. The molecule has 0 aromatic heterocycles. The highest BCUT2D eigenvalue weighted by Gasteiger charge is 2.44. The average Bonchev–Trinajstić information content (AvgIpc) is 3.03. The van der Waals surface area contributed by atoms with Crippen LogP contribution in [-0.2, 0) is 11.3 Å². The molecule has 1 aromatic carbocycles. The number of anilines is 1. The Morgan fingerprint density at radius 2 is 2.06 bits per heavy atom. The summed E-state index contributed by atoms with van der Waals surface area (Å²) < 4.78 is 0. The van der Waals surface area contributed by atoms with Gasteiger partial charge in [0.05, 0.1) is 0 Å². The Morgan fingerprint density at radius 1 is 1.41 bits per heavy atom. The molecule has 0 atom stereocenters. The smallest absolute Gasteiger partial charge is 0.230 e. The summed E-state index contributed by atoms with van der Waals surface area (Å²) in [5.41, 5.74) is 9.89. The van der Waals surface area contributed by atoms with Gasteiger partial charge < -0.3 is 11.1 Å². The van der Waals surface area contributed by atoms with Crippen LogP contribution < -0.4 is 11.1 Å². The standard InChI is InChI=1S/C14H20N2O/c1-9-4-5-12(10(2)11(9)8-15)16-13(17)14(3)6-7-14/h4-5H,6-8,15H2,1-3H3,(H,16,17). The van der Waals surface area contributed by atoms with Gasteiger partial charge in [0, 0.05) is 17.6 Å². The topological polar surface area (TPSA) is 55.1 Å². The molecule has 1 aliphatic carbocycles. The molecule has 1 fully saturated rings. The lowest BCUT2D eigenvalue weighted by Gasteiger charge is -2.16. The van der Waals surface area contributed by atoms with E-state index in [1.54, 1.807) is 0 Å². The largest absolute Gasteiger partial charge is 0.326 e. The van der Waals surface area contributed by atoms with E-state index in [2.05, 4.69) is 5.32 Å². The molecule has 3 N–H and O–H groups in total. The Labute approximate surface area is 102 Å². The molecule has 1 aliphatic rings. The van der Waals surface area contributed by atoms with Crippen molar-refractivity contribution in [2.45, 2.75) is 40.2 Å². The molecule has 1 saturated carbocycles. The summed E-state index contributed by atoms with van der Waals surface area (Å²) in [6.07, 6.45) is 1.99. The molecule has 92 valence electrons. The van der Waals surface area contributed by atoms with Crippen molar-refractivity contribution >= 4 is 11.6 Å². The molecule has 2 rings (SSSR count). The number of carbonyl (C=O) groups excluding carboxylic acids is 1. The van der Waals surface area contributed by atoms with Crippen LogP contribution in [0, 0.1) is 19.3 Å². The van der Waals surface area contributed by atoms with Crippen LogP contribution in [0.1, 0.15) is 36.5 Å². The summed E-state index contributed by atoms with van der Waals surface area (Å²) in [5.74, 6) is 0.132. The third-order valence-corrected chi connectivity index (χ3v) is 3.83. The van der Waals surface area contributed by atoms with E-state index in [1.165, 1.54) is 5.56 Å². The Balaban J connectivity index is 2.24. The van der Waals surface area contributed by atoms with Gasteiger partial charge in [0.2, 0.25) is 5.91 Å². The van der Waals surface area contributed by atoms with Gasteiger partial charge in [0.25, 0.3) is 0 Å². The number of nitrogens with one attached hydrogen (secondary N) is 1. The predicted octanol–water partition coefficient (Wildman–Crippen LogP) is 2.50. The SMILES string of the molecule is Cc1ccc(NC(=O)C2(C)CC2)c(C)c1CN. The second-order valence-electron chi connectivity index (χ2n) is 5.25. The van der Waals surface area contributed by atoms with Gasteiger partial charge in [-0.2, -0.15) is 0 Å². The van der Waals surface area contributed by atoms with E-state index in [-0.39, 0.29) is 11.3 Å². The van der Waals surface area contributed by atoms with E-state index >= 15 is 0 Å². The minimum Gasteiger partial charge on any atom is -0.326 e. The number of amides is 1. The van der Waals surface area contributed by atoms with E-state index in [0.717, 1.165) is 29.7 Å². The van der Waals surface area contributed by atoms with Crippen molar-refractivity contribution < 1.29 is 4.79 Å². The lowest BCUT2D eigenvalue weighted by Crippen LogP contribution is -2.22. The Hall–Kier alpha value is -1.35. The Kier molecular flexibility index (Phi) is 2.96. The van der Waals surface area contributed by atoms with Gasteiger partial charge in [-0.25, -0.2) is 0 Å². The summed E-state index contributed by atoms with van der Waals surface area (Å²) in [7, 11) is 0. The molecular formula is C14H20N2O. The van der Waals surface area contributed by atoms with Gasteiger partial charge in [0.1, 0.15) is 0 Å². The van der Waals surface area contributed by atoms with Crippen LogP contribution in [0.2, 0.25) is 0 Å². The third-order valence-electron chi connectivity index (χ3n) is 3.83. The first kappa shape index (κ1) is 12.1. The Morgan fingerprint density at radius 3 is 2.59 bits per heavy atom. The second-order valence-corrected chi connectivity index (χ2v) is 5.25. The zero-order valence-electron chi connectivity index (χ0n) is 10.8. The van der Waals surface area contributed by atoms with Gasteiger partial charge in [-0.1, -0.05) is 13.0 Å². The number of benzene rings is 1. The summed E-state index contributed by atoms with van der Waals surface area (Å²) in [6, 6.07) is 3.98. The number of hydrogen-bond donors (Lipinski definition) is 2. The average molecular weight is 232 g/mol. The lowest BCUT2D eigenvalue weighted by atomic mass is 10.0. The van der Waals surface area contributed by atoms with Gasteiger partial charge >= 0.3 is 0 Å². The molecule has 0 spiro atoms. The minimum absolute atomic E-state index is 0.132. The maximum atomic E-state index is 12.0. The molecule has 0 unspecified atom stereocenters. The van der Waals surface area contributed by atoms with E-state index in [4.69, 9.17) is 5.73 Å². The van der Waals surface area contributed by atoms with Crippen molar-refractivity contribution in [3.05, 3.63) is 28.8 Å². The van der Waals surface area contributed by atoms with Crippen LogP contribution in [0.4, 0.5) is 5.69 Å². The summed E-state index contributed by atoms with van der Waals surface area (Å²) in [4.78, 5) is 12.0. The highest BCUT2D eigenvalue weighted by atomic mass is 16.2. The van der Waals surface area contributed by atoms with E-state index in [1.807, 2.05) is 32.9 Å². The zero-order chi connectivity index (χ0) is 12.6. The fourth-order valence-corrected chi connectivity index (χ4v) is 2.03. The predicted molar refractivity (Wildman–Crippen MR) is 69.8 cm³/mol. The first-order valence-electron chi connectivity index (χ1n) is 6.08. The third kappa shape index (κ3) is 2.20. The lowest BCUT2D eigenvalue weighted by molar-refractivity contribution is -0.120. The van der Waals surface area contributed by atoms with Crippen molar-refractivity contribution in [3.63, 3.8) is 0 Å². The fourth-order valence-electron chi connectivity index (χ4n) is 2.03. The van der Waals surface area contributed by atoms with Crippen molar-refractivity contribution in [2.24, 2.45) is 11.1 Å². The fraction of sp³-hybridized carbons (Fsp3) is 0.500. The summed E-state index contributed by atoms with van der Waals surface area (Å²) in [6.45, 7) is 6.58. The van der Waals surface area contributed by atoms with E-state index in [0.29, 0.717) is 6.54 Å². The molecule has 1 aromatic rings. The molecule has 0 aliphatic heterocycles. The van der Waals surface area contributed by atoms with Gasteiger partial charge in [0.15, 0.2) is 0 Å². The Bertz CT molecular complexity index is 462. The minimum atomic E-state index is -0.139. The summed E-state index contributed by atoms with van der Waals surface area (Å²) in [5, 5.41) is 3.02. The van der Waals surface area contributed by atoms with Gasteiger partial charge in [-0.15, -0.1) is 0 Å². The number of aryl methyl sites for hydroxylation is 1. The normalized spacial score (nSPS) is 16.7. The van der Waals surface area contributed by atoms with E-state index < -0.39 is 0 Å². The molecule has 3 nitrogen and oxygen atoms in total. The molecule has 0 heterocycles. The quantitative estimate of drug-likeness (QED) is 0.841.